The van der Waals surface area contributed by atoms with Gasteiger partial charge in [-0.2, -0.15) is 4.98 Å². The Morgan fingerprint density at radius 2 is 2.22 bits per heavy atom. The molecule has 1 atom stereocenters. The van der Waals surface area contributed by atoms with Gasteiger partial charge in [0, 0.05) is 33.2 Å². The molecular weight excluding hydrogens is 234 g/mol. The third-order valence-electron chi connectivity index (χ3n) is 3.90. The summed E-state index contributed by atoms with van der Waals surface area (Å²) in [5, 5.41) is 7.48. The summed E-state index contributed by atoms with van der Waals surface area (Å²) in [6.45, 7) is 2.38. The Kier molecular flexibility index (Phi) is 3.32. The van der Waals surface area contributed by atoms with Gasteiger partial charge in [-0.05, 0) is 19.4 Å². The van der Waals surface area contributed by atoms with Crippen molar-refractivity contribution in [3.05, 3.63) is 11.7 Å². The Morgan fingerprint density at radius 1 is 1.39 bits per heavy atom. The molecule has 2 aliphatic heterocycles. The van der Waals surface area contributed by atoms with Crippen LogP contribution in [0.25, 0.3) is 0 Å². The summed E-state index contributed by atoms with van der Waals surface area (Å²) in [6, 6.07) is 0.208. The summed E-state index contributed by atoms with van der Waals surface area (Å²) < 4.78 is 16.4. The number of nitrogens with one attached hydrogen (secondary N) is 1. The lowest BCUT2D eigenvalue weighted by Crippen LogP contribution is -2.36. The zero-order valence-electron chi connectivity index (χ0n) is 10.6. The molecule has 0 bridgehead atoms. The maximum Gasteiger partial charge on any atom is 0.243 e. The van der Waals surface area contributed by atoms with E-state index in [1.165, 1.54) is 0 Å². The number of rotatable bonds is 3. The standard InChI is InChI=1S/C12H19N3O3/c1-16-12(4-7-17-8-5-12)11-14-10(18-15-11)9-3-2-6-13-9/h9,13H,2-8H2,1H3/t9-/m1/s1. The summed E-state index contributed by atoms with van der Waals surface area (Å²) in [5.74, 6) is 1.35. The highest BCUT2D eigenvalue weighted by Gasteiger charge is 2.39. The fourth-order valence-corrected chi connectivity index (χ4v) is 2.68. The molecule has 0 spiro atoms. The van der Waals surface area contributed by atoms with E-state index in [1.54, 1.807) is 7.11 Å². The van der Waals surface area contributed by atoms with Crippen molar-refractivity contribution in [1.29, 1.82) is 0 Å². The lowest BCUT2D eigenvalue weighted by atomic mass is 9.93. The highest BCUT2D eigenvalue weighted by atomic mass is 16.5. The average molecular weight is 253 g/mol. The minimum atomic E-state index is -0.432. The van der Waals surface area contributed by atoms with Crippen molar-refractivity contribution in [3.8, 4) is 0 Å². The SMILES string of the molecule is COC1(c2noc([C@H]3CCCN3)n2)CCOCC1. The number of aromatic nitrogens is 2. The molecule has 3 rings (SSSR count). The highest BCUT2D eigenvalue weighted by molar-refractivity contribution is 5.05. The molecule has 1 aromatic rings. The lowest BCUT2D eigenvalue weighted by Gasteiger charge is -2.32. The minimum Gasteiger partial charge on any atom is -0.381 e. The average Bonchev–Trinajstić information content (AvgIpc) is 3.10. The fraction of sp³-hybridized carbons (Fsp3) is 0.833. The topological polar surface area (TPSA) is 69.4 Å². The Balaban J connectivity index is 1.82. The van der Waals surface area contributed by atoms with Crippen LogP contribution in [0.3, 0.4) is 0 Å². The third-order valence-corrected chi connectivity index (χ3v) is 3.90. The monoisotopic (exact) mass is 253 g/mol. The van der Waals surface area contributed by atoms with Crippen LogP contribution >= 0.6 is 0 Å². The molecule has 1 aromatic heterocycles. The van der Waals surface area contributed by atoms with E-state index in [2.05, 4.69) is 15.5 Å². The molecule has 0 amide bonds. The quantitative estimate of drug-likeness (QED) is 0.871. The van der Waals surface area contributed by atoms with Crippen molar-refractivity contribution in [2.75, 3.05) is 26.9 Å². The van der Waals surface area contributed by atoms with Gasteiger partial charge >= 0.3 is 0 Å². The molecule has 2 aliphatic rings. The Labute approximate surface area is 106 Å². The molecule has 3 heterocycles. The summed E-state index contributed by atoms with van der Waals surface area (Å²) in [6.07, 6.45) is 3.78. The van der Waals surface area contributed by atoms with E-state index in [0.29, 0.717) is 24.9 Å². The fourth-order valence-electron chi connectivity index (χ4n) is 2.68. The molecule has 0 unspecified atom stereocenters. The molecule has 1 N–H and O–H groups in total. The normalized spacial score (nSPS) is 27.5. The van der Waals surface area contributed by atoms with Gasteiger partial charge in [0.05, 0.1) is 6.04 Å². The van der Waals surface area contributed by atoms with Gasteiger partial charge in [-0.25, -0.2) is 0 Å². The predicted octanol–water partition coefficient (Wildman–Crippen LogP) is 1.15. The second-order valence-corrected chi connectivity index (χ2v) is 4.92. The molecule has 0 radical (unpaired) electrons. The number of ether oxygens (including phenoxy) is 2. The molecule has 6 nitrogen and oxygen atoms in total. The molecule has 2 saturated heterocycles. The van der Waals surface area contributed by atoms with E-state index in [9.17, 15) is 0 Å². The summed E-state index contributed by atoms with van der Waals surface area (Å²) >= 11 is 0. The molecular formula is C12H19N3O3. The van der Waals surface area contributed by atoms with Gasteiger partial charge in [-0.3, -0.25) is 0 Å². The third kappa shape index (κ3) is 2.04. The first kappa shape index (κ1) is 12.1. The van der Waals surface area contributed by atoms with Crippen LogP contribution in [0.2, 0.25) is 0 Å². The molecule has 0 aromatic carbocycles. The van der Waals surface area contributed by atoms with Gasteiger partial charge in [-0.1, -0.05) is 5.16 Å². The van der Waals surface area contributed by atoms with E-state index in [1.807, 2.05) is 0 Å². The molecule has 0 aliphatic carbocycles. The van der Waals surface area contributed by atoms with Gasteiger partial charge < -0.3 is 19.3 Å². The van der Waals surface area contributed by atoms with Crippen molar-refractivity contribution in [3.63, 3.8) is 0 Å². The van der Waals surface area contributed by atoms with Crippen LogP contribution in [-0.4, -0.2) is 37.0 Å². The van der Waals surface area contributed by atoms with Crippen LogP contribution < -0.4 is 5.32 Å². The summed E-state index contributed by atoms with van der Waals surface area (Å²) in [5.41, 5.74) is -0.432. The van der Waals surface area contributed by atoms with Gasteiger partial charge in [0.1, 0.15) is 5.60 Å². The van der Waals surface area contributed by atoms with E-state index in [0.717, 1.165) is 32.2 Å². The first-order valence-corrected chi connectivity index (χ1v) is 6.54. The van der Waals surface area contributed by atoms with Gasteiger partial charge in [0.15, 0.2) is 0 Å². The van der Waals surface area contributed by atoms with Crippen LogP contribution in [0.5, 0.6) is 0 Å². The lowest BCUT2D eigenvalue weighted by molar-refractivity contribution is -0.101. The van der Waals surface area contributed by atoms with E-state index >= 15 is 0 Å². The second-order valence-electron chi connectivity index (χ2n) is 4.92. The van der Waals surface area contributed by atoms with Crippen molar-refractivity contribution in [2.24, 2.45) is 0 Å². The van der Waals surface area contributed by atoms with Crippen molar-refractivity contribution in [1.82, 2.24) is 15.5 Å². The molecule has 100 valence electrons. The maximum atomic E-state index is 5.66. The van der Waals surface area contributed by atoms with E-state index < -0.39 is 5.60 Å². The largest absolute Gasteiger partial charge is 0.381 e. The Bertz CT molecular complexity index is 395. The summed E-state index contributed by atoms with van der Waals surface area (Å²) in [4.78, 5) is 4.54. The van der Waals surface area contributed by atoms with Crippen LogP contribution in [0.1, 0.15) is 43.4 Å². The number of nitrogens with zero attached hydrogens (tertiary/aromatic N) is 2. The molecule has 6 heteroatoms. The van der Waals surface area contributed by atoms with Gasteiger partial charge in [-0.15, -0.1) is 0 Å². The number of hydrogen-bond donors (Lipinski definition) is 1. The minimum absolute atomic E-state index is 0.208. The maximum absolute atomic E-state index is 5.66. The smallest absolute Gasteiger partial charge is 0.243 e. The first-order valence-electron chi connectivity index (χ1n) is 6.54. The van der Waals surface area contributed by atoms with Crippen molar-refractivity contribution < 1.29 is 14.0 Å². The zero-order valence-corrected chi connectivity index (χ0v) is 10.6. The van der Waals surface area contributed by atoms with Gasteiger partial charge in [0.2, 0.25) is 11.7 Å². The predicted molar refractivity (Wildman–Crippen MR) is 63.0 cm³/mol. The van der Waals surface area contributed by atoms with Crippen LogP contribution in [0.15, 0.2) is 4.52 Å². The number of hydrogen-bond acceptors (Lipinski definition) is 6. The Hall–Kier alpha value is -0.980. The summed E-state index contributed by atoms with van der Waals surface area (Å²) in [7, 11) is 1.70. The number of methoxy groups -OCH3 is 1. The van der Waals surface area contributed by atoms with Crippen molar-refractivity contribution in [2.45, 2.75) is 37.3 Å². The molecule has 2 fully saturated rings. The van der Waals surface area contributed by atoms with Gasteiger partial charge in [0.25, 0.3) is 0 Å². The Morgan fingerprint density at radius 3 is 2.89 bits per heavy atom. The highest BCUT2D eigenvalue weighted by Crippen LogP contribution is 2.34. The molecule has 18 heavy (non-hydrogen) atoms. The van der Waals surface area contributed by atoms with Crippen LogP contribution in [0.4, 0.5) is 0 Å². The second kappa shape index (κ2) is 4.95. The molecule has 0 saturated carbocycles. The van der Waals surface area contributed by atoms with E-state index in [-0.39, 0.29) is 6.04 Å². The van der Waals surface area contributed by atoms with E-state index in [4.69, 9.17) is 14.0 Å². The van der Waals surface area contributed by atoms with Crippen molar-refractivity contribution >= 4 is 0 Å². The van der Waals surface area contributed by atoms with Crippen LogP contribution in [0, 0.1) is 0 Å². The van der Waals surface area contributed by atoms with Crippen LogP contribution in [-0.2, 0) is 15.1 Å². The first-order chi connectivity index (χ1) is 8.84. The zero-order chi connectivity index (χ0) is 12.4.